The summed E-state index contributed by atoms with van der Waals surface area (Å²) in [4.78, 5) is 0. The first-order chi connectivity index (χ1) is 8.37. The van der Waals surface area contributed by atoms with Crippen molar-refractivity contribution in [2.24, 2.45) is 22.5 Å². The Balaban J connectivity index is 2.04. The van der Waals surface area contributed by atoms with Gasteiger partial charge in [-0.05, 0) is 39.1 Å². The molecule has 96 valence electrons. The van der Waals surface area contributed by atoms with Crippen LogP contribution in [0.15, 0.2) is 29.6 Å². The van der Waals surface area contributed by atoms with Crippen LogP contribution < -0.4 is 5.73 Å². The largest absolute Gasteiger partial charge is 0.324 e. The van der Waals surface area contributed by atoms with E-state index in [9.17, 15) is 0 Å². The van der Waals surface area contributed by atoms with Gasteiger partial charge in [-0.25, -0.2) is 0 Å². The highest BCUT2D eigenvalue weighted by Gasteiger charge is 2.66. The molecular weight excluding hydrogens is 238 g/mol. The van der Waals surface area contributed by atoms with Gasteiger partial charge in [0.1, 0.15) is 0 Å². The van der Waals surface area contributed by atoms with Crippen LogP contribution in [-0.4, -0.2) is 0 Å². The Morgan fingerprint density at radius 3 is 2.39 bits per heavy atom. The number of hydrogen-bond donors (Lipinski definition) is 1. The quantitative estimate of drug-likeness (QED) is 0.839. The fourth-order valence-corrected chi connectivity index (χ4v) is 4.57. The molecule has 1 atom stereocenters. The Hall–Kier alpha value is -0.860. The molecule has 2 aromatic rings. The lowest BCUT2D eigenvalue weighted by atomic mass is 9.96. The van der Waals surface area contributed by atoms with Crippen molar-refractivity contribution >= 4 is 21.4 Å². The molecule has 1 aromatic heterocycles. The number of fused-ring (bicyclic) bond motifs is 1. The normalized spacial score (nSPS) is 23.2. The molecule has 3 rings (SSSR count). The summed E-state index contributed by atoms with van der Waals surface area (Å²) in [5.74, 6) is 0.567. The monoisotopic (exact) mass is 259 g/mol. The van der Waals surface area contributed by atoms with Crippen LogP contribution in [0.3, 0.4) is 0 Å². The fourth-order valence-electron chi connectivity index (χ4n) is 3.60. The zero-order valence-corrected chi connectivity index (χ0v) is 12.3. The van der Waals surface area contributed by atoms with Crippen molar-refractivity contribution in [2.75, 3.05) is 0 Å². The molecule has 0 aliphatic heterocycles. The van der Waals surface area contributed by atoms with Crippen molar-refractivity contribution in [1.29, 1.82) is 0 Å². The lowest BCUT2D eigenvalue weighted by Crippen LogP contribution is -2.16. The van der Waals surface area contributed by atoms with Crippen LogP contribution >= 0.6 is 11.3 Å². The third-order valence-corrected chi connectivity index (χ3v) is 6.34. The lowest BCUT2D eigenvalue weighted by Gasteiger charge is -2.15. The number of benzene rings is 1. The Morgan fingerprint density at radius 2 is 1.78 bits per heavy atom. The van der Waals surface area contributed by atoms with Crippen LogP contribution in [0.25, 0.3) is 10.1 Å². The SMILES string of the molecule is CC1(C)C(C(N)c2cccc3ccsc23)C1(C)C. The summed E-state index contributed by atoms with van der Waals surface area (Å²) >= 11 is 1.81. The van der Waals surface area contributed by atoms with Gasteiger partial charge in [-0.2, -0.15) is 0 Å². The Kier molecular flexibility index (Phi) is 2.43. The van der Waals surface area contributed by atoms with Gasteiger partial charge in [-0.15, -0.1) is 11.3 Å². The molecule has 2 heteroatoms. The summed E-state index contributed by atoms with van der Waals surface area (Å²) in [7, 11) is 0. The number of rotatable bonds is 2. The second kappa shape index (κ2) is 3.58. The van der Waals surface area contributed by atoms with E-state index in [-0.39, 0.29) is 6.04 Å². The van der Waals surface area contributed by atoms with Crippen LogP contribution in [0.1, 0.15) is 39.3 Å². The third kappa shape index (κ3) is 1.42. The first-order valence-electron chi connectivity index (χ1n) is 6.59. The fraction of sp³-hybridized carbons (Fsp3) is 0.500. The van der Waals surface area contributed by atoms with Crippen LogP contribution in [0.4, 0.5) is 0 Å². The number of hydrogen-bond acceptors (Lipinski definition) is 2. The predicted molar refractivity (Wildman–Crippen MR) is 79.8 cm³/mol. The average molecular weight is 259 g/mol. The first kappa shape index (κ1) is 12.2. The van der Waals surface area contributed by atoms with Gasteiger partial charge in [0.05, 0.1) is 0 Å². The molecule has 1 nitrogen and oxygen atoms in total. The van der Waals surface area contributed by atoms with Crippen LogP contribution in [0.5, 0.6) is 0 Å². The Morgan fingerprint density at radius 1 is 1.11 bits per heavy atom. The van der Waals surface area contributed by atoms with Gasteiger partial charge in [-0.1, -0.05) is 45.9 Å². The molecule has 0 radical (unpaired) electrons. The smallest absolute Gasteiger partial charge is 0.0390 e. The maximum atomic E-state index is 6.58. The van der Waals surface area contributed by atoms with E-state index < -0.39 is 0 Å². The van der Waals surface area contributed by atoms with E-state index in [1.165, 1.54) is 15.6 Å². The maximum absolute atomic E-state index is 6.58. The predicted octanol–water partition coefficient (Wildman–Crippen LogP) is 4.58. The van der Waals surface area contributed by atoms with E-state index in [2.05, 4.69) is 57.3 Å². The minimum absolute atomic E-state index is 0.150. The summed E-state index contributed by atoms with van der Waals surface area (Å²) in [5, 5.41) is 3.48. The molecule has 1 heterocycles. The Bertz CT molecular complexity index is 580. The highest BCUT2D eigenvalue weighted by Crippen LogP contribution is 2.72. The zero-order valence-electron chi connectivity index (χ0n) is 11.5. The molecule has 2 N–H and O–H groups in total. The summed E-state index contributed by atoms with van der Waals surface area (Å²) in [6, 6.07) is 8.84. The maximum Gasteiger partial charge on any atom is 0.0390 e. The minimum atomic E-state index is 0.150. The van der Waals surface area contributed by atoms with E-state index in [0.29, 0.717) is 16.7 Å². The summed E-state index contributed by atoms with van der Waals surface area (Å²) < 4.78 is 1.36. The molecule has 1 fully saturated rings. The molecular formula is C16H21NS. The first-order valence-corrected chi connectivity index (χ1v) is 7.47. The molecule has 0 bridgehead atoms. The van der Waals surface area contributed by atoms with E-state index >= 15 is 0 Å². The van der Waals surface area contributed by atoms with E-state index in [1.807, 2.05) is 11.3 Å². The van der Waals surface area contributed by atoms with Crippen molar-refractivity contribution in [2.45, 2.75) is 33.7 Å². The van der Waals surface area contributed by atoms with Gasteiger partial charge >= 0.3 is 0 Å². The third-order valence-electron chi connectivity index (χ3n) is 5.36. The van der Waals surface area contributed by atoms with Gasteiger partial charge in [0.2, 0.25) is 0 Å². The van der Waals surface area contributed by atoms with E-state index in [0.717, 1.165) is 0 Å². The molecule has 18 heavy (non-hydrogen) atoms. The van der Waals surface area contributed by atoms with Crippen LogP contribution in [0, 0.1) is 16.7 Å². The highest BCUT2D eigenvalue weighted by molar-refractivity contribution is 7.17. The topological polar surface area (TPSA) is 26.0 Å². The van der Waals surface area contributed by atoms with Crippen molar-refractivity contribution in [3.63, 3.8) is 0 Å². The van der Waals surface area contributed by atoms with Crippen molar-refractivity contribution in [1.82, 2.24) is 0 Å². The van der Waals surface area contributed by atoms with Gasteiger partial charge in [0.15, 0.2) is 0 Å². The minimum Gasteiger partial charge on any atom is -0.324 e. The number of thiophene rings is 1. The van der Waals surface area contributed by atoms with Crippen molar-refractivity contribution < 1.29 is 0 Å². The van der Waals surface area contributed by atoms with Gasteiger partial charge < -0.3 is 5.73 Å². The van der Waals surface area contributed by atoms with Gasteiger partial charge in [0, 0.05) is 10.7 Å². The molecule has 1 aromatic carbocycles. The summed E-state index contributed by atoms with van der Waals surface area (Å²) in [5.41, 5.74) is 8.59. The summed E-state index contributed by atoms with van der Waals surface area (Å²) in [6.45, 7) is 9.36. The second-order valence-electron chi connectivity index (χ2n) is 6.63. The molecule has 0 amide bonds. The van der Waals surface area contributed by atoms with Gasteiger partial charge in [-0.3, -0.25) is 0 Å². The lowest BCUT2D eigenvalue weighted by molar-refractivity contribution is 0.457. The molecule has 1 aliphatic carbocycles. The average Bonchev–Trinajstić information content (AvgIpc) is 2.69. The second-order valence-corrected chi connectivity index (χ2v) is 7.55. The molecule has 1 unspecified atom stereocenters. The van der Waals surface area contributed by atoms with Crippen molar-refractivity contribution in [3.05, 3.63) is 35.2 Å². The molecule has 1 aliphatic rings. The molecule has 1 saturated carbocycles. The highest BCUT2D eigenvalue weighted by atomic mass is 32.1. The molecule has 0 spiro atoms. The molecule has 0 saturated heterocycles. The van der Waals surface area contributed by atoms with E-state index in [4.69, 9.17) is 5.73 Å². The standard InChI is InChI=1S/C16H21NS/c1-15(2)14(16(15,3)4)12(17)11-7-5-6-10-8-9-18-13(10)11/h5-9,12,14H,17H2,1-4H3. The van der Waals surface area contributed by atoms with Crippen molar-refractivity contribution in [3.8, 4) is 0 Å². The zero-order chi connectivity index (χ0) is 13.1. The van der Waals surface area contributed by atoms with Crippen LogP contribution in [0.2, 0.25) is 0 Å². The Labute approximate surface area is 113 Å². The number of nitrogens with two attached hydrogens (primary N) is 1. The van der Waals surface area contributed by atoms with Gasteiger partial charge in [0.25, 0.3) is 0 Å². The summed E-state index contributed by atoms with van der Waals surface area (Å²) in [6.07, 6.45) is 0. The van der Waals surface area contributed by atoms with E-state index in [1.54, 1.807) is 0 Å². The van der Waals surface area contributed by atoms with Crippen LogP contribution in [-0.2, 0) is 0 Å².